The van der Waals surface area contributed by atoms with Crippen LogP contribution in [0.15, 0.2) is 66.7 Å². The molecule has 0 aromatic heterocycles. The molecule has 5 rings (SSSR count). The van der Waals surface area contributed by atoms with Gasteiger partial charge in [0.2, 0.25) is 17.7 Å². The summed E-state index contributed by atoms with van der Waals surface area (Å²) in [5, 5.41) is 6.38. The Balaban J connectivity index is 1.31. The van der Waals surface area contributed by atoms with Gasteiger partial charge in [0.05, 0.1) is 5.41 Å². The molecular formula is C33H40FN3O4. The second-order valence-electron chi connectivity index (χ2n) is 11.6. The van der Waals surface area contributed by atoms with Crippen molar-refractivity contribution in [3.05, 3.63) is 83.7 Å². The number of halogens is 1. The molecule has 2 N–H and O–H groups in total. The van der Waals surface area contributed by atoms with Crippen LogP contribution in [0.4, 0.5) is 4.39 Å². The van der Waals surface area contributed by atoms with Crippen LogP contribution < -0.4 is 10.6 Å². The number of ether oxygens (including phenoxy) is 1. The van der Waals surface area contributed by atoms with E-state index in [0.717, 1.165) is 11.1 Å². The van der Waals surface area contributed by atoms with E-state index in [1.54, 1.807) is 12.1 Å². The maximum Gasteiger partial charge on any atom is 0.243 e. The summed E-state index contributed by atoms with van der Waals surface area (Å²) in [6, 6.07) is 15.3. The highest BCUT2D eigenvalue weighted by molar-refractivity contribution is 5.90. The van der Waals surface area contributed by atoms with Gasteiger partial charge in [0.25, 0.3) is 0 Å². The minimum absolute atomic E-state index is 0.0665. The fourth-order valence-corrected chi connectivity index (χ4v) is 6.27. The Morgan fingerprint density at radius 3 is 2.49 bits per heavy atom. The summed E-state index contributed by atoms with van der Waals surface area (Å²) in [6.07, 6.45) is 8.75. The highest BCUT2D eigenvalue weighted by Crippen LogP contribution is 2.36. The first-order valence-electron chi connectivity index (χ1n) is 14.8. The maximum atomic E-state index is 13.7. The van der Waals surface area contributed by atoms with Crippen molar-refractivity contribution in [3.8, 4) is 0 Å². The third-order valence-electron chi connectivity index (χ3n) is 8.91. The van der Waals surface area contributed by atoms with E-state index >= 15 is 0 Å². The highest BCUT2D eigenvalue weighted by atomic mass is 19.1. The van der Waals surface area contributed by atoms with Crippen LogP contribution in [0.5, 0.6) is 0 Å². The lowest BCUT2D eigenvalue weighted by atomic mass is 9.75. The normalized spacial score (nSPS) is 25.7. The second-order valence-corrected chi connectivity index (χ2v) is 11.6. The van der Waals surface area contributed by atoms with Gasteiger partial charge in [-0.15, -0.1) is 0 Å². The zero-order valence-corrected chi connectivity index (χ0v) is 23.5. The van der Waals surface area contributed by atoms with E-state index in [-0.39, 0.29) is 35.5 Å². The van der Waals surface area contributed by atoms with E-state index in [0.29, 0.717) is 77.7 Å². The van der Waals surface area contributed by atoms with Crippen molar-refractivity contribution in [1.29, 1.82) is 0 Å². The maximum absolute atomic E-state index is 13.7. The number of carbonyl (C=O) groups excluding carboxylic acids is 3. The number of fused-ring (bicyclic) bond motifs is 1. The molecule has 0 unspecified atom stereocenters. The fraction of sp³-hybridized carbons (Fsp3) is 0.485. The number of likely N-dealkylation sites (tertiary alicyclic amines) is 1. The monoisotopic (exact) mass is 561 g/mol. The number of nitrogens with one attached hydrogen (secondary N) is 2. The SMILES string of the molecule is O=C1N[C@@H]2CCN(C(=O)CCc3ccc(F)cc3)C[C@@H]2C/C=C/CC2(CCOCC2)C(=O)N[C@H]1Cc1ccccc1. The summed E-state index contributed by atoms with van der Waals surface area (Å²) in [7, 11) is 0. The Kier molecular flexibility index (Phi) is 9.49. The van der Waals surface area contributed by atoms with Crippen LogP contribution in [0, 0.1) is 17.2 Å². The molecule has 218 valence electrons. The van der Waals surface area contributed by atoms with Crippen molar-refractivity contribution in [2.45, 2.75) is 63.5 Å². The van der Waals surface area contributed by atoms with Crippen LogP contribution in [-0.4, -0.2) is 61.0 Å². The summed E-state index contributed by atoms with van der Waals surface area (Å²) < 4.78 is 18.8. The minimum atomic E-state index is -0.691. The van der Waals surface area contributed by atoms with Crippen molar-refractivity contribution in [3.63, 3.8) is 0 Å². The molecule has 0 radical (unpaired) electrons. The molecule has 3 aliphatic rings. The molecule has 0 aliphatic carbocycles. The average molecular weight is 562 g/mol. The number of rotatable bonds is 5. The van der Waals surface area contributed by atoms with E-state index in [1.165, 1.54) is 12.1 Å². The molecule has 3 amide bonds. The Labute approximate surface area is 241 Å². The molecule has 7 nitrogen and oxygen atoms in total. The number of aryl methyl sites for hydroxylation is 1. The predicted molar refractivity (Wildman–Crippen MR) is 154 cm³/mol. The molecule has 0 saturated carbocycles. The lowest BCUT2D eigenvalue weighted by Crippen LogP contribution is -2.58. The summed E-state index contributed by atoms with van der Waals surface area (Å²) in [5.74, 6) is -0.408. The number of carbonyl (C=O) groups is 3. The number of piperidine rings is 1. The van der Waals surface area contributed by atoms with E-state index in [9.17, 15) is 18.8 Å². The first kappa shape index (κ1) is 29.0. The molecule has 2 aromatic rings. The summed E-state index contributed by atoms with van der Waals surface area (Å²) in [5.41, 5.74) is 1.32. The van der Waals surface area contributed by atoms with Crippen molar-refractivity contribution < 1.29 is 23.5 Å². The topological polar surface area (TPSA) is 87.7 Å². The standard InChI is InChI=1S/C33H40FN3O4/c34-27-12-9-24(10-13-27)11-14-30(38)37-19-15-28-26(23-37)8-4-5-16-33(17-20-41-21-18-33)32(40)36-29(31(39)35-28)22-25-6-2-1-3-7-25/h1-7,9-10,12-13,26,28-29H,8,11,14-23H2,(H,35,39)(H,36,40)/b5-4+/t26-,28+,29-/m0/s1. The largest absolute Gasteiger partial charge is 0.381 e. The van der Waals surface area contributed by atoms with Gasteiger partial charge in [-0.1, -0.05) is 54.6 Å². The van der Waals surface area contributed by atoms with Gasteiger partial charge >= 0.3 is 0 Å². The number of nitrogens with zero attached hydrogens (tertiary/aromatic N) is 1. The van der Waals surface area contributed by atoms with E-state index in [1.807, 2.05) is 35.2 Å². The van der Waals surface area contributed by atoms with Gasteiger partial charge in [0.1, 0.15) is 11.9 Å². The third kappa shape index (κ3) is 7.41. The van der Waals surface area contributed by atoms with E-state index < -0.39 is 11.5 Å². The van der Waals surface area contributed by atoms with Crippen LogP contribution >= 0.6 is 0 Å². The smallest absolute Gasteiger partial charge is 0.243 e. The Morgan fingerprint density at radius 1 is 0.976 bits per heavy atom. The molecule has 41 heavy (non-hydrogen) atoms. The van der Waals surface area contributed by atoms with Crippen molar-refractivity contribution in [2.75, 3.05) is 26.3 Å². The molecule has 1 spiro atoms. The molecule has 3 atom stereocenters. The molecule has 2 aromatic carbocycles. The van der Waals surface area contributed by atoms with Crippen molar-refractivity contribution in [2.24, 2.45) is 11.3 Å². The molecule has 3 aliphatic heterocycles. The first-order valence-corrected chi connectivity index (χ1v) is 14.8. The zero-order chi connectivity index (χ0) is 28.7. The van der Waals surface area contributed by atoms with Gasteiger partial charge in [0, 0.05) is 51.1 Å². The van der Waals surface area contributed by atoms with Crippen molar-refractivity contribution in [1.82, 2.24) is 15.5 Å². The Bertz CT molecular complexity index is 1230. The summed E-state index contributed by atoms with van der Waals surface area (Å²) in [6.45, 7) is 2.17. The van der Waals surface area contributed by atoms with Crippen LogP contribution in [0.1, 0.15) is 49.7 Å². The van der Waals surface area contributed by atoms with E-state index in [2.05, 4.69) is 22.8 Å². The van der Waals surface area contributed by atoms with Crippen LogP contribution in [0.3, 0.4) is 0 Å². The summed E-state index contributed by atoms with van der Waals surface area (Å²) >= 11 is 0. The predicted octanol–water partition coefficient (Wildman–Crippen LogP) is 3.97. The highest BCUT2D eigenvalue weighted by Gasteiger charge is 2.41. The second kappa shape index (κ2) is 13.4. The molecular weight excluding hydrogens is 521 g/mol. The average Bonchev–Trinajstić information content (AvgIpc) is 2.99. The minimum Gasteiger partial charge on any atom is -0.381 e. The number of allylic oxidation sites excluding steroid dienone is 2. The van der Waals surface area contributed by atoms with Gasteiger partial charge in [-0.2, -0.15) is 0 Å². The number of benzene rings is 2. The molecule has 3 heterocycles. The number of hydrogen-bond acceptors (Lipinski definition) is 4. The number of amides is 3. The number of hydrogen-bond donors (Lipinski definition) is 2. The molecule has 8 heteroatoms. The van der Waals surface area contributed by atoms with Gasteiger partial charge in [-0.25, -0.2) is 4.39 Å². The van der Waals surface area contributed by atoms with Gasteiger partial charge < -0.3 is 20.3 Å². The Hall–Kier alpha value is -3.52. The third-order valence-corrected chi connectivity index (χ3v) is 8.91. The van der Waals surface area contributed by atoms with Crippen LogP contribution in [0.25, 0.3) is 0 Å². The molecule has 2 fully saturated rings. The lowest BCUT2D eigenvalue weighted by molar-refractivity contribution is -0.140. The van der Waals surface area contributed by atoms with Gasteiger partial charge in [-0.3, -0.25) is 14.4 Å². The zero-order valence-electron chi connectivity index (χ0n) is 23.5. The quantitative estimate of drug-likeness (QED) is 0.541. The van der Waals surface area contributed by atoms with Crippen LogP contribution in [0.2, 0.25) is 0 Å². The lowest BCUT2D eigenvalue weighted by Gasteiger charge is -2.40. The van der Waals surface area contributed by atoms with Crippen molar-refractivity contribution >= 4 is 17.7 Å². The van der Waals surface area contributed by atoms with E-state index in [4.69, 9.17) is 4.74 Å². The fourth-order valence-electron chi connectivity index (χ4n) is 6.27. The molecule has 0 bridgehead atoms. The summed E-state index contributed by atoms with van der Waals surface area (Å²) in [4.78, 5) is 42.5. The Morgan fingerprint density at radius 2 is 1.73 bits per heavy atom. The first-order chi connectivity index (χ1) is 19.9. The van der Waals surface area contributed by atoms with Crippen LogP contribution in [-0.2, 0) is 32.0 Å². The van der Waals surface area contributed by atoms with Gasteiger partial charge in [0.15, 0.2) is 0 Å². The molecule has 2 saturated heterocycles. The van der Waals surface area contributed by atoms with Gasteiger partial charge in [-0.05, 0) is 61.8 Å².